The van der Waals surface area contributed by atoms with Crippen molar-refractivity contribution in [3.05, 3.63) is 29.5 Å². The lowest BCUT2D eigenvalue weighted by Crippen LogP contribution is -2.54. The molecular weight excluding hydrogens is 380 g/mol. The molecule has 2 aromatic heterocycles. The largest absolute Gasteiger partial charge is 0.474 e. The van der Waals surface area contributed by atoms with Gasteiger partial charge in [0, 0.05) is 62.0 Å². The number of pyridine rings is 1. The zero-order valence-electron chi connectivity index (χ0n) is 15.4. The van der Waals surface area contributed by atoms with Gasteiger partial charge < -0.3 is 25.4 Å². The monoisotopic (exact) mass is 402 g/mol. The van der Waals surface area contributed by atoms with Gasteiger partial charge in [0.25, 0.3) is 0 Å². The second-order valence-corrected chi connectivity index (χ2v) is 8.24. The summed E-state index contributed by atoms with van der Waals surface area (Å²) in [6.07, 6.45) is 5.25. The Hall–Kier alpha value is -2.32. The zero-order valence-corrected chi connectivity index (χ0v) is 16.2. The Bertz CT molecular complexity index is 863. The standard InChI is InChI=1S/C19H23ClN6O2/c20-17-8-16(19(21)24-23-17)25-9-12-1-2-13(10-25)26(12)11-3-4-22-18(5-11)28-15-6-14(27)7-15/h3-5,8,12-15,27H,1-2,6-7,9-10H2,(H2,21,24)/t12-,13?,14?,15?/m0/s1. The van der Waals surface area contributed by atoms with E-state index in [-0.39, 0.29) is 12.2 Å². The number of aromatic nitrogens is 3. The quantitative estimate of drug-likeness (QED) is 0.799. The Morgan fingerprint density at radius 1 is 1.14 bits per heavy atom. The van der Waals surface area contributed by atoms with Crippen LogP contribution in [-0.4, -0.2) is 57.7 Å². The summed E-state index contributed by atoms with van der Waals surface area (Å²) >= 11 is 6.03. The first-order valence-corrected chi connectivity index (χ1v) is 10.1. The Balaban J connectivity index is 1.34. The lowest BCUT2D eigenvalue weighted by atomic mass is 9.92. The van der Waals surface area contributed by atoms with Gasteiger partial charge in [0.05, 0.1) is 11.8 Å². The van der Waals surface area contributed by atoms with Crippen LogP contribution in [-0.2, 0) is 0 Å². The van der Waals surface area contributed by atoms with Gasteiger partial charge in [-0.05, 0) is 18.9 Å². The van der Waals surface area contributed by atoms with Crippen molar-refractivity contribution in [3.8, 4) is 5.88 Å². The number of nitrogen functional groups attached to an aromatic ring is 1. The van der Waals surface area contributed by atoms with Crippen molar-refractivity contribution in [2.75, 3.05) is 28.6 Å². The maximum absolute atomic E-state index is 9.45. The normalized spacial score (nSPS) is 28.9. The summed E-state index contributed by atoms with van der Waals surface area (Å²) in [6, 6.07) is 6.62. The third kappa shape index (κ3) is 3.20. The fourth-order valence-electron chi connectivity index (χ4n) is 4.57. The van der Waals surface area contributed by atoms with Crippen LogP contribution in [0.5, 0.6) is 5.88 Å². The number of aliphatic hydroxyl groups excluding tert-OH is 1. The Labute approximate surface area is 168 Å². The number of rotatable bonds is 4. The third-order valence-electron chi connectivity index (χ3n) is 5.97. The zero-order chi connectivity index (χ0) is 19.3. The van der Waals surface area contributed by atoms with Gasteiger partial charge in [0.1, 0.15) is 6.10 Å². The van der Waals surface area contributed by atoms with E-state index in [1.807, 2.05) is 12.1 Å². The second-order valence-electron chi connectivity index (χ2n) is 7.85. The molecule has 3 aliphatic rings. The van der Waals surface area contributed by atoms with Gasteiger partial charge in [0.2, 0.25) is 5.88 Å². The van der Waals surface area contributed by atoms with Crippen molar-refractivity contribution < 1.29 is 9.84 Å². The molecule has 1 saturated carbocycles. The van der Waals surface area contributed by atoms with E-state index in [4.69, 9.17) is 22.1 Å². The lowest BCUT2D eigenvalue weighted by Gasteiger charge is -2.43. The number of nitrogens with zero attached hydrogens (tertiary/aromatic N) is 5. The van der Waals surface area contributed by atoms with Crippen LogP contribution >= 0.6 is 11.6 Å². The molecule has 0 amide bonds. The van der Waals surface area contributed by atoms with E-state index in [2.05, 4.69) is 25.0 Å². The highest BCUT2D eigenvalue weighted by Crippen LogP contribution is 2.38. The number of hydrogen-bond acceptors (Lipinski definition) is 8. The van der Waals surface area contributed by atoms with E-state index in [1.165, 1.54) is 0 Å². The van der Waals surface area contributed by atoms with Crippen LogP contribution in [0.4, 0.5) is 17.2 Å². The fraction of sp³-hybridized carbons (Fsp3) is 0.526. The summed E-state index contributed by atoms with van der Waals surface area (Å²) in [5.41, 5.74) is 8.04. The van der Waals surface area contributed by atoms with Crippen LogP contribution in [0, 0.1) is 0 Å². The number of nitrogens with two attached hydrogens (primary N) is 1. The van der Waals surface area contributed by atoms with Crippen molar-refractivity contribution in [1.29, 1.82) is 0 Å². The Kier molecular flexibility index (Phi) is 4.40. The molecule has 3 fully saturated rings. The highest BCUT2D eigenvalue weighted by atomic mass is 35.5. The number of ether oxygens (including phenoxy) is 1. The smallest absolute Gasteiger partial charge is 0.215 e. The van der Waals surface area contributed by atoms with Crippen LogP contribution in [0.25, 0.3) is 0 Å². The Morgan fingerprint density at radius 2 is 1.89 bits per heavy atom. The summed E-state index contributed by atoms with van der Waals surface area (Å²) < 4.78 is 5.91. The molecule has 2 atom stereocenters. The molecule has 1 aliphatic carbocycles. The lowest BCUT2D eigenvalue weighted by molar-refractivity contribution is -0.0128. The number of halogens is 1. The molecule has 5 rings (SSSR count). The van der Waals surface area contributed by atoms with Gasteiger partial charge in [0.15, 0.2) is 11.0 Å². The molecular formula is C19H23ClN6O2. The summed E-state index contributed by atoms with van der Waals surface area (Å²) in [4.78, 5) is 9.09. The molecule has 2 saturated heterocycles. The van der Waals surface area contributed by atoms with Crippen LogP contribution in [0.1, 0.15) is 25.7 Å². The van der Waals surface area contributed by atoms with Gasteiger partial charge in [-0.25, -0.2) is 4.98 Å². The predicted octanol–water partition coefficient (Wildman–Crippen LogP) is 1.87. The predicted molar refractivity (Wildman–Crippen MR) is 107 cm³/mol. The first-order chi connectivity index (χ1) is 13.6. The fourth-order valence-corrected chi connectivity index (χ4v) is 4.71. The van der Waals surface area contributed by atoms with Crippen molar-refractivity contribution in [2.45, 2.75) is 50.0 Å². The molecule has 1 unspecified atom stereocenters. The first-order valence-electron chi connectivity index (χ1n) is 9.69. The average Bonchev–Trinajstić information content (AvgIpc) is 2.92. The molecule has 2 aromatic rings. The highest BCUT2D eigenvalue weighted by Gasteiger charge is 2.41. The minimum Gasteiger partial charge on any atom is -0.474 e. The molecule has 2 aliphatic heterocycles. The third-order valence-corrected chi connectivity index (χ3v) is 6.15. The maximum Gasteiger partial charge on any atom is 0.215 e. The summed E-state index contributed by atoms with van der Waals surface area (Å²) in [5, 5.41) is 17.6. The molecule has 4 heterocycles. The van der Waals surface area contributed by atoms with Gasteiger partial charge in [-0.3, -0.25) is 0 Å². The summed E-state index contributed by atoms with van der Waals surface area (Å²) in [6.45, 7) is 1.71. The molecule has 0 aromatic carbocycles. The van der Waals surface area contributed by atoms with E-state index in [1.54, 1.807) is 12.3 Å². The molecule has 3 N–H and O–H groups in total. The van der Waals surface area contributed by atoms with Crippen LogP contribution in [0.2, 0.25) is 5.15 Å². The van der Waals surface area contributed by atoms with Crippen molar-refractivity contribution in [1.82, 2.24) is 15.2 Å². The van der Waals surface area contributed by atoms with Crippen molar-refractivity contribution in [3.63, 3.8) is 0 Å². The van der Waals surface area contributed by atoms with E-state index in [9.17, 15) is 5.11 Å². The van der Waals surface area contributed by atoms with Gasteiger partial charge in [-0.2, -0.15) is 0 Å². The minimum atomic E-state index is -0.235. The molecule has 148 valence electrons. The molecule has 28 heavy (non-hydrogen) atoms. The topological polar surface area (TPSA) is 101 Å². The van der Waals surface area contributed by atoms with Crippen LogP contribution in [0.3, 0.4) is 0 Å². The van der Waals surface area contributed by atoms with Crippen LogP contribution in [0.15, 0.2) is 24.4 Å². The van der Waals surface area contributed by atoms with Gasteiger partial charge >= 0.3 is 0 Å². The number of hydrogen-bond donors (Lipinski definition) is 2. The SMILES string of the molecule is Nc1nnc(Cl)cc1N1CC2CC[C@@H](C1)N2c1ccnc(OC2CC(O)C2)c1. The molecule has 9 heteroatoms. The van der Waals surface area contributed by atoms with Crippen LogP contribution < -0.4 is 20.3 Å². The first kappa shape index (κ1) is 17.8. The van der Waals surface area contributed by atoms with Crippen molar-refractivity contribution >= 4 is 28.8 Å². The Morgan fingerprint density at radius 3 is 2.61 bits per heavy atom. The highest BCUT2D eigenvalue weighted by molar-refractivity contribution is 6.29. The molecule has 0 radical (unpaired) electrons. The van der Waals surface area contributed by atoms with E-state index in [0.29, 0.717) is 41.8 Å². The molecule has 0 spiro atoms. The minimum absolute atomic E-state index is 0.0678. The van der Waals surface area contributed by atoms with E-state index in [0.717, 1.165) is 37.3 Å². The van der Waals surface area contributed by atoms with Gasteiger partial charge in [-0.15, -0.1) is 10.2 Å². The van der Waals surface area contributed by atoms with Crippen molar-refractivity contribution in [2.24, 2.45) is 0 Å². The number of aliphatic hydroxyl groups is 1. The number of piperazine rings is 1. The van der Waals surface area contributed by atoms with Gasteiger partial charge in [-0.1, -0.05) is 11.6 Å². The van der Waals surface area contributed by atoms with E-state index >= 15 is 0 Å². The number of fused-ring (bicyclic) bond motifs is 2. The average molecular weight is 403 g/mol. The summed E-state index contributed by atoms with van der Waals surface area (Å²) in [7, 11) is 0. The van der Waals surface area contributed by atoms with E-state index < -0.39 is 0 Å². The summed E-state index contributed by atoms with van der Waals surface area (Å²) in [5.74, 6) is 1.05. The number of anilines is 3. The maximum atomic E-state index is 9.45. The molecule has 2 bridgehead atoms. The second kappa shape index (κ2) is 6.93. The molecule has 8 nitrogen and oxygen atoms in total.